The van der Waals surface area contributed by atoms with Gasteiger partial charge in [-0.05, 0) is 24.3 Å². The lowest BCUT2D eigenvalue weighted by molar-refractivity contribution is -0.153. The molecule has 0 bridgehead atoms. The molecule has 2 N–H and O–H groups in total. The predicted molar refractivity (Wildman–Crippen MR) is 60.6 cm³/mol. The highest BCUT2D eigenvalue weighted by Gasteiger charge is 2.44. The van der Waals surface area contributed by atoms with Crippen LogP contribution in [0.1, 0.15) is 29.6 Å². The van der Waals surface area contributed by atoms with Gasteiger partial charge in [0.05, 0.1) is 5.41 Å². The Hall–Kier alpha value is -1.36. The molecular formula is C11H13NO3S. The minimum atomic E-state index is -0.802. The molecule has 0 aliphatic heterocycles. The van der Waals surface area contributed by atoms with Crippen LogP contribution in [0.2, 0.25) is 0 Å². The van der Waals surface area contributed by atoms with Crippen LogP contribution in [0.4, 0.5) is 0 Å². The fourth-order valence-electron chi connectivity index (χ4n) is 1.82. The first kappa shape index (κ1) is 11.1. The fraction of sp³-hybridized carbons (Fsp3) is 0.455. The molecule has 4 nitrogen and oxygen atoms in total. The van der Waals surface area contributed by atoms with Crippen molar-refractivity contribution >= 4 is 23.2 Å². The van der Waals surface area contributed by atoms with Gasteiger partial charge in [0, 0.05) is 17.5 Å². The molecule has 1 saturated carbocycles. The topological polar surface area (TPSA) is 66.4 Å². The van der Waals surface area contributed by atoms with Crippen molar-refractivity contribution in [2.24, 2.45) is 5.41 Å². The SMILES string of the molecule is O=C(NCC1(C(=O)O)CCC1)c1ccsc1. The van der Waals surface area contributed by atoms with E-state index in [2.05, 4.69) is 5.32 Å². The minimum Gasteiger partial charge on any atom is -0.481 e. The largest absolute Gasteiger partial charge is 0.481 e. The summed E-state index contributed by atoms with van der Waals surface area (Å²) in [6.45, 7) is 0.233. The number of aliphatic carboxylic acids is 1. The molecule has 0 aromatic carbocycles. The van der Waals surface area contributed by atoms with Crippen LogP contribution in [0.15, 0.2) is 16.8 Å². The summed E-state index contributed by atoms with van der Waals surface area (Å²) in [6, 6.07) is 1.73. The number of rotatable bonds is 4. The van der Waals surface area contributed by atoms with E-state index in [1.54, 1.807) is 11.4 Å². The summed E-state index contributed by atoms with van der Waals surface area (Å²) in [7, 11) is 0. The molecule has 0 spiro atoms. The van der Waals surface area contributed by atoms with Gasteiger partial charge in [-0.3, -0.25) is 9.59 Å². The van der Waals surface area contributed by atoms with Crippen LogP contribution in [0.3, 0.4) is 0 Å². The molecule has 0 saturated heterocycles. The minimum absolute atomic E-state index is 0.186. The van der Waals surface area contributed by atoms with Crippen LogP contribution < -0.4 is 5.32 Å². The average Bonchev–Trinajstić information content (AvgIpc) is 2.67. The van der Waals surface area contributed by atoms with E-state index in [9.17, 15) is 9.59 Å². The standard InChI is InChI=1S/C11H13NO3S/c13-9(8-2-5-16-6-8)12-7-11(10(14)15)3-1-4-11/h2,5-6H,1,3-4,7H2,(H,12,13)(H,14,15). The predicted octanol–water partition coefficient (Wildman–Crippen LogP) is 1.73. The quantitative estimate of drug-likeness (QED) is 0.841. The number of carboxylic acids is 1. The summed E-state index contributed by atoms with van der Waals surface area (Å²) in [5.74, 6) is -0.988. The number of hydrogen-bond acceptors (Lipinski definition) is 3. The van der Waals surface area contributed by atoms with E-state index in [1.165, 1.54) is 11.3 Å². The Morgan fingerprint density at radius 3 is 2.69 bits per heavy atom. The number of nitrogens with one attached hydrogen (secondary N) is 1. The van der Waals surface area contributed by atoms with Crippen molar-refractivity contribution in [3.63, 3.8) is 0 Å². The molecule has 16 heavy (non-hydrogen) atoms. The fourth-order valence-corrected chi connectivity index (χ4v) is 2.45. The normalized spacial score (nSPS) is 17.5. The van der Waals surface area contributed by atoms with E-state index in [0.717, 1.165) is 6.42 Å². The Bertz CT molecular complexity index is 395. The Morgan fingerprint density at radius 2 is 2.25 bits per heavy atom. The first-order chi connectivity index (χ1) is 7.64. The van der Waals surface area contributed by atoms with Crippen molar-refractivity contribution in [1.29, 1.82) is 0 Å². The Kier molecular flexibility index (Phi) is 2.96. The number of carbonyl (C=O) groups excluding carboxylic acids is 1. The monoisotopic (exact) mass is 239 g/mol. The van der Waals surface area contributed by atoms with Gasteiger partial charge in [-0.2, -0.15) is 11.3 Å². The third kappa shape index (κ3) is 1.95. The molecule has 1 aromatic rings. The maximum absolute atomic E-state index is 11.6. The molecule has 1 fully saturated rings. The summed E-state index contributed by atoms with van der Waals surface area (Å²) in [5.41, 5.74) is -0.115. The van der Waals surface area contributed by atoms with Crippen molar-refractivity contribution in [3.05, 3.63) is 22.4 Å². The first-order valence-corrected chi connectivity index (χ1v) is 6.12. The van der Waals surface area contributed by atoms with E-state index >= 15 is 0 Å². The highest BCUT2D eigenvalue weighted by molar-refractivity contribution is 7.08. The zero-order valence-corrected chi connectivity index (χ0v) is 9.55. The van der Waals surface area contributed by atoms with Crippen LogP contribution >= 0.6 is 11.3 Å². The van der Waals surface area contributed by atoms with Gasteiger partial charge in [0.1, 0.15) is 0 Å². The van der Waals surface area contributed by atoms with Crippen LogP contribution in [0.5, 0.6) is 0 Å². The van der Waals surface area contributed by atoms with Crippen molar-refractivity contribution in [2.45, 2.75) is 19.3 Å². The Labute approximate surface area is 97.3 Å². The second kappa shape index (κ2) is 4.25. The van der Waals surface area contributed by atoms with Crippen LogP contribution in [-0.4, -0.2) is 23.5 Å². The molecule has 1 aliphatic rings. The second-order valence-electron chi connectivity index (χ2n) is 4.13. The van der Waals surface area contributed by atoms with Gasteiger partial charge >= 0.3 is 5.97 Å². The second-order valence-corrected chi connectivity index (χ2v) is 4.91. The van der Waals surface area contributed by atoms with Gasteiger partial charge in [-0.1, -0.05) is 6.42 Å². The average molecular weight is 239 g/mol. The third-order valence-electron chi connectivity index (χ3n) is 3.14. The van der Waals surface area contributed by atoms with Gasteiger partial charge < -0.3 is 10.4 Å². The summed E-state index contributed by atoms with van der Waals surface area (Å²) in [4.78, 5) is 22.7. The van der Waals surface area contributed by atoms with Crippen molar-refractivity contribution in [3.8, 4) is 0 Å². The molecule has 1 aromatic heterocycles. The van der Waals surface area contributed by atoms with E-state index in [-0.39, 0.29) is 12.5 Å². The van der Waals surface area contributed by atoms with Crippen LogP contribution in [0, 0.1) is 5.41 Å². The molecule has 0 atom stereocenters. The van der Waals surface area contributed by atoms with E-state index in [1.807, 2.05) is 5.38 Å². The first-order valence-electron chi connectivity index (χ1n) is 5.18. The van der Waals surface area contributed by atoms with Crippen molar-refractivity contribution in [1.82, 2.24) is 5.32 Å². The summed E-state index contributed by atoms with van der Waals surface area (Å²) in [6.07, 6.45) is 2.25. The summed E-state index contributed by atoms with van der Waals surface area (Å²) < 4.78 is 0. The summed E-state index contributed by atoms with van der Waals surface area (Å²) >= 11 is 1.45. The third-order valence-corrected chi connectivity index (χ3v) is 3.82. The maximum atomic E-state index is 11.6. The Morgan fingerprint density at radius 1 is 1.50 bits per heavy atom. The lowest BCUT2D eigenvalue weighted by atomic mass is 9.69. The van der Waals surface area contributed by atoms with Crippen molar-refractivity contribution in [2.75, 3.05) is 6.54 Å². The Balaban J connectivity index is 1.92. The van der Waals surface area contributed by atoms with Gasteiger partial charge in [-0.15, -0.1) is 0 Å². The zero-order valence-electron chi connectivity index (χ0n) is 8.73. The van der Waals surface area contributed by atoms with Gasteiger partial charge in [0.2, 0.25) is 0 Å². The molecular weight excluding hydrogens is 226 g/mol. The van der Waals surface area contributed by atoms with E-state index in [0.29, 0.717) is 18.4 Å². The molecule has 0 unspecified atom stereocenters. The maximum Gasteiger partial charge on any atom is 0.311 e. The molecule has 1 amide bonds. The lowest BCUT2D eigenvalue weighted by Crippen LogP contribution is -2.47. The van der Waals surface area contributed by atoms with Gasteiger partial charge in [0.15, 0.2) is 0 Å². The number of hydrogen-bond donors (Lipinski definition) is 2. The van der Waals surface area contributed by atoms with Crippen molar-refractivity contribution < 1.29 is 14.7 Å². The van der Waals surface area contributed by atoms with E-state index in [4.69, 9.17) is 5.11 Å². The van der Waals surface area contributed by atoms with Gasteiger partial charge in [-0.25, -0.2) is 0 Å². The number of carbonyl (C=O) groups is 2. The molecule has 86 valence electrons. The van der Waals surface area contributed by atoms with E-state index < -0.39 is 11.4 Å². The number of thiophene rings is 1. The molecule has 5 heteroatoms. The molecule has 1 aliphatic carbocycles. The molecule has 2 rings (SSSR count). The number of carboxylic acid groups (broad SMARTS) is 1. The molecule has 1 heterocycles. The lowest BCUT2D eigenvalue weighted by Gasteiger charge is -2.37. The smallest absolute Gasteiger partial charge is 0.311 e. The van der Waals surface area contributed by atoms with Gasteiger partial charge in [0.25, 0.3) is 5.91 Å². The number of amides is 1. The zero-order chi connectivity index (χ0) is 11.6. The summed E-state index contributed by atoms with van der Waals surface area (Å²) in [5, 5.41) is 15.4. The van der Waals surface area contributed by atoms with Crippen LogP contribution in [0.25, 0.3) is 0 Å². The highest BCUT2D eigenvalue weighted by atomic mass is 32.1. The molecule has 0 radical (unpaired) electrons. The van der Waals surface area contributed by atoms with Crippen LogP contribution in [-0.2, 0) is 4.79 Å². The highest BCUT2D eigenvalue weighted by Crippen LogP contribution is 2.40.